The number of thioether (sulfide) groups is 1. The van der Waals surface area contributed by atoms with Crippen molar-refractivity contribution in [3.8, 4) is 11.5 Å². The molecule has 1 aliphatic heterocycles. The van der Waals surface area contributed by atoms with Crippen LogP contribution in [0.2, 0.25) is 0 Å². The number of fused-ring (bicyclic) bond motifs is 1. The fourth-order valence-electron chi connectivity index (χ4n) is 5.72. The summed E-state index contributed by atoms with van der Waals surface area (Å²) in [5, 5.41) is 21.5. The predicted octanol–water partition coefficient (Wildman–Crippen LogP) is 4.74. The Kier molecular flexibility index (Phi) is 5.11. The summed E-state index contributed by atoms with van der Waals surface area (Å²) in [4.78, 5) is 14.3. The highest BCUT2D eigenvalue weighted by Gasteiger charge is 2.60. The zero-order valence-corrected chi connectivity index (χ0v) is 19.8. The molecule has 0 unspecified atom stereocenters. The number of halogens is 1. The number of hydrogen-bond donors (Lipinski definition) is 2. The SMILES string of the molecule is COC1=C[C@@H]2[C@@H]3[C@H](Sc4ccc(Br)cc4)c4ccc(O)c(O)c4[C@]2(CCN3C)CC1=[OH+]. The van der Waals surface area contributed by atoms with Gasteiger partial charge in [0.05, 0.1) is 18.8 Å². The lowest BCUT2D eigenvalue weighted by Gasteiger charge is -2.58. The predicted molar refractivity (Wildman–Crippen MR) is 125 cm³/mol. The standard InChI is InChI=1S/C24H24BrNO4S/c1-26-10-9-24-12-18(28)19(30-2)11-16(24)21(26)23(31-14-5-3-13(25)4-6-14)15-7-8-17(27)22(29)20(15)24/h3-8,11,16,21,23,27,29H,9-10,12H2,1-2H3/p+1/t16-,21-,23-,24-/m1/s1. The molecule has 0 radical (unpaired) electrons. The van der Waals surface area contributed by atoms with Crippen molar-refractivity contribution < 1.29 is 19.7 Å². The molecule has 31 heavy (non-hydrogen) atoms. The lowest BCUT2D eigenvalue weighted by molar-refractivity contribution is 0.0494. The highest BCUT2D eigenvalue weighted by Crippen LogP contribution is 2.63. The third-order valence-electron chi connectivity index (χ3n) is 7.12. The smallest absolute Gasteiger partial charge is 0.358 e. The number of ether oxygens (including phenoxy) is 1. The maximum Gasteiger partial charge on any atom is 0.358 e. The van der Waals surface area contributed by atoms with Crippen LogP contribution in [0, 0.1) is 5.92 Å². The van der Waals surface area contributed by atoms with Crippen molar-refractivity contribution in [3.63, 3.8) is 0 Å². The van der Waals surface area contributed by atoms with Gasteiger partial charge in [0.1, 0.15) is 0 Å². The van der Waals surface area contributed by atoms with Crippen LogP contribution in [-0.2, 0) is 10.2 Å². The number of aromatic hydroxyl groups is 2. The van der Waals surface area contributed by atoms with Gasteiger partial charge in [0.15, 0.2) is 11.5 Å². The molecule has 2 aromatic rings. The van der Waals surface area contributed by atoms with E-state index in [9.17, 15) is 15.0 Å². The number of benzene rings is 2. The second-order valence-electron chi connectivity index (χ2n) is 8.65. The average molecular weight is 503 g/mol. The summed E-state index contributed by atoms with van der Waals surface area (Å²) >= 11 is 5.28. The molecule has 162 valence electrons. The summed E-state index contributed by atoms with van der Waals surface area (Å²) in [5.41, 5.74) is 1.32. The quantitative estimate of drug-likeness (QED) is 0.468. The van der Waals surface area contributed by atoms with Crippen molar-refractivity contribution >= 4 is 33.5 Å². The third-order valence-corrected chi connectivity index (χ3v) is 8.98. The average Bonchev–Trinajstić information content (AvgIpc) is 2.75. The van der Waals surface area contributed by atoms with E-state index in [1.807, 2.05) is 24.3 Å². The van der Waals surface area contributed by atoms with E-state index in [1.54, 1.807) is 24.9 Å². The van der Waals surface area contributed by atoms with Gasteiger partial charge < -0.3 is 19.8 Å². The lowest BCUT2D eigenvalue weighted by atomic mass is 9.53. The molecule has 1 fully saturated rings. The first-order valence-electron chi connectivity index (χ1n) is 10.3. The first-order chi connectivity index (χ1) is 14.9. The second-order valence-corrected chi connectivity index (χ2v) is 10.8. The number of likely N-dealkylation sites (tertiary alicyclic amines) is 1. The number of hydrogen-bond acceptors (Lipinski definition) is 5. The zero-order valence-electron chi connectivity index (χ0n) is 17.4. The van der Waals surface area contributed by atoms with E-state index in [0.717, 1.165) is 33.5 Å². The van der Waals surface area contributed by atoms with Crippen molar-refractivity contribution in [2.24, 2.45) is 5.92 Å². The molecule has 7 heteroatoms. The van der Waals surface area contributed by atoms with E-state index in [-0.39, 0.29) is 34.5 Å². The van der Waals surface area contributed by atoms with Gasteiger partial charge in [-0.25, -0.2) is 0 Å². The third kappa shape index (κ3) is 3.12. The van der Waals surface area contributed by atoms with Crippen molar-refractivity contribution in [3.05, 3.63) is 63.8 Å². The summed E-state index contributed by atoms with van der Waals surface area (Å²) in [7, 11) is 3.72. The number of carbonyl (C=O) groups excluding carboxylic acids is 1. The molecule has 2 bridgehead atoms. The molecule has 2 aliphatic carbocycles. The van der Waals surface area contributed by atoms with Gasteiger partial charge in [0.2, 0.25) is 5.76 Å². The van der Waals surface area contributed by atoms with E-state index in [1.165, 1.54) is 0 Å². The molecular formula is C24H25BrNO4S+. The van der Waals surface area contributed by atoms with E-state index >= 15 is 0 Å². The number of ketones is 1. The van der Waals surface area contributed by atoms with Gasteiger partial charge in [-0.3, -0.25) is 4.79 Å². The molecule has 0 aromatic heterocycles. The van der Waals surface area contributed by atoms with E-state index < -0.39 is 5.41 Å². The normalized spacial score (nSPS) is 29.7. The summed E-state index contributed by atoms with van der Waals surface area (Å²) in [6.07, 6.45) is 3.20. The number of allylic oxidation sites excluding steroid dienone is 1. The largest absolute Gasteiger partial charge is 0.504 e. The zero-order chi connectivity index (χ0) is 21.9. The van der Waals surface area contributed by atoms with Crippen molar-refractivity contribution in [1.29, 1.82) is 0 Å². The van der Waals surface area contributed by atoms with E-state index in [4.69, 9.17) is 4.74 Å². The lowest BCUT2D eigenvalue weighted by Crippen LogP contribution is -2.61. The Morgan fingerprint density at radius 2 is 1.94 bits per heavy atom. The van der Waals surface area contributed by atoms with Crippen LogP contribution in [0.3, 0.4) is 0 Å². The first kappa shape index (κ1) is 20.9. The summed E-state index contributed by atoms with van der Waals surface area (Å²) in [6, 6.07) is 11.9. The van der Waals surface area contributed by atoms with Crippen LogP contribution >= 0.6 is 27.7 Å². The number of methoxy groups -OCH3 is 1. The van der Waals surface area contributed by atoms with Gasteiger partial charge >= 0.3 is 5.78 Å². The maximum atomic E-state index is 11.1. The maximum absolute atomic E-state index is 11.1. The highest BCUT2D eigenvalue weighted by atomic mass is 79.9. The Morgan fingerprint density at radius 1 is 1.19 bits per heavy atom. The summed E-state index contributed by atoms with van der Waals surface area (Å²) in [5.74, 6) is 0.572. The van der Waals surface area contributed by atoms with Crippen molar-refractivity contribution in [1.82, 2.24) is 4.90 Å². The van der Waals surface area contributed by atoms with Crippen LogP contribution in [0.5, 0.6) is 11.5 Å². The summed E-state index contributed by atoms with van der Waals surface area (Å²) in [6.45, 7) is 0.844. The Bertz CT molecular complexity index is 1090. The molecule has 3 aliphatic rings. The number of piperidine rings is 1. The Hall–Kier alpha value is -1.96. The second kappa shape index (κ2) is 7.57. The molecule has 0 amide bonds. The number of phenolic OH excluding ortho intramolecular Hbond substituents is 2. The van der Waals surface area contributed by atoms with Gasteiger partial charge in [-0.1, -0.05) is 22.0 Å². The minimum Gasteiger partial charge on any atom is -0.504 e. The van der Waals surface area contributed by atoms with E-state index in [2.05, 4.69) is 40.0 Å². The van der Waals surface area contributed by atoms with E-state index in [0.29, 0.717) is 12.2 Å². The molecule has 3 N–H and O–H groups in total. The van der Waals surface area contributed by atoms with Gasteiger partial charge in [-0.2, -0.15) is 0 Å². The van der Waals surface area contributed by atoms with Gasteiger partial charge in [-0.15, -0.1) is 11.8 Å². The number of phenols is 2. The number of likely N-dealkylation sites (N-methyl/N-ethyl adjacent to an activating group) is 1. The minimum atomic E-state index is -0.474. The Labute approximate surface area is 194 Å². The van der Waals surface area contributed by atoms with Crippen molar-refractivity contribution in [2.45, 2.75) is 34.4 Å². The Morgan fingerprint density at radius 3 is 2.65 bits per heavy atom. The molecule has 1 saturated heterocycles. The molecule has 5 rings (SSSR count). The van der Waals surface area contributed by atoms with Crippen molar-refractivity contribution in [2.75, 3.05) is 20.7 Å². The summed E-state index contributed by atoms with van der Waals surface area (Å²) < 4.78 is 6.52. The van der Waals surface area contributed by atoms with Gasteiger partial charge in [-0.05, 0) is 62.0 Å². The number of nitrogens with zero attached hydrogens (tertiary/aromatic N) is 1. The molecule has 5 nitrogen and oxygen atoms in total. The molecule has 4 atom stereocenters. The van der Waals surface area contributed by atoms with Crippen LogP contribution in [0.15, 0.2) is 57.6 Å². The van der Waals surface area contributed by atoms with Gasteiger partial charge in [0.25, 0.3) is 0 Å². The number of rotatable bonds is 3. The first-order valence-corrected chi connectivity index (χ1v) is 12.0. The highest BCUT2D eigenvalue weighted by molar-refractivity contribution is 9.10. The topological polar surface area (TPSA) is 74.3 Å². The molecule has 0 saturated carbocycles. The molecular weight excluding hydrogens is 478 g/mol. The van der Waals surface area contributed by atoms with Crippen LogP contribution < -0.4 is 0 Å². The molecule has 1 heterocycles. The van der Waals surface area contributed by atoms with Crippen LogP contribution in [-0.4, -0.2) is 52.4 Å². The fourth-order valence-corrected chi connectivity index (χ4v) is 7.41. The molecule has 0 spiro atoms. The monoisotopic (exact) mass is 502 g/mol. The van der Waals surface area contributed by atoms with Crippen LogP contribution in [0.1, 0.15) is 29.2 Å². The fraction of sp³-hybridized carbons (Fsp3) is 0.375. The molecule has 2 aromatic carbocycles. The minimum absolute atomic E-state index is 0.0326. The Balaban J connectivity index is 1.74. The van der Waals surface area contributed by atoms with Gasteiger partial charge in [0, 0.05) is 32.3 Å². The van der Waals surface area contributed by atoms with Crippen LogP contribution in [0.4, 0.5) is 0 Å². The van der Waals surface area contributed by atoms with Crippen LogP contribution in [0.25, 0.3) is 0 Å².